The Morgan fingerprint density at radius 1 is 0.609 bits per heavy atom. The van der Waals surface area contributed by atoms with Crippen molar-refractivity contribution in [1.29, 1.82) is 0 Å². The molecule has 2 aromatic rings. The molecule has 0 heterocycles. The van der Waals surface area contributed by atoms with Crippen LogP contribution >= 0.6 is 9.90 Å². The van der Waals surface area contributed by atoms with Crippen LogP contribution in [0.2, 0.25) is 0 Å². The van der Waals surface area contributed by atoms with E-state index >= 15 is 0 Å². The standard InChI is InChI=1S/C22H28.H3P/c1-3-9-17(10-4-1)21-16-15-18-11-7-8-14-20(18)22(21)19-12-5-2-6-13-19;/h7-8,11,14-17,19H,1-6,9-10,12-13H2;1H3. The van der Waals surface area contributed by atoms with E-state index in [9.17, 15) is 0 Å². The molecule has 0 radical (unpaired) electrons. The van der Waals surface area contributed by atoms with Crippen molar-refractivity contribution in [2.24, 2.45) is 0 Å². The van der Waals surface area contributed by atoms with Crippen LogP contribution in [0.25, 0.3) is 10.8 Å². The van der Waals surface area contributed by atoms with E-state index in [0.29, 0.717) is 0 Å². The van der Waals surface area contributed by atoms with Gasteiger partial charge in [0.15, 0.2) is 0 Å². The largest absolute Gasteiger partial charge is 0.153 e. The van der Waals surface area contributed by atoms with Gasteiger partial charge in [0.05, 0.1) is 0 Å². The minimum Gasteiger partial charge on any atom is -0.153 e. The monoisotopic (exact) mass is 326 g/mol. The van der Waals surface area contributed by atoms with Crippen LogP contribution in [0.3, 0.4) is 0 Å². The van der Waals surface area contributed by atoms with Gasteiger partial charge in [-0.3, -0.25) is 0 Å². The van der Waals surface area contributed by atoms with Crippen molar-refractivity contribution < 1.29 is 0 Å². The predicted octanol–water partition coefficient (Wildman–Crippen LogP) is 6.99. The molecular formula is C22H31P. The summed E-state index contributed by atoms with van der Waals surface area (Å²) < 4.78 is 0. The summed E-state index contributed by atoms with van der Waals surface area (Å²) in [6.45, 7) is 0. The summed E-state index contributed by atoms with van der Waals surface area (Å²) in [4.78, 5) is 0. The van der Waals surface area contributed by atoms with Crippen LogP contribution in [0.15, 0.2) is 36.4 Å². The smallest absolute Gasteiger partial charge is 0.0146 e. The second-order valence-electron chi connectivity index (χ2n) is 7.46. The molecule has 2 aromatic carbocycles. The third kappa shape index (κ3) is 3.48. The highest BCUT2D eigenvalue weighted by molar-refractivity contribution is 6.92. The number of hydrogen-bond donors (Lipinski definition) is 0. The Morgan fingerprint density at radius 3 is 1.91 bits per heavy atom. The molecule has 2 aliphatic carbocycles. The van der Waals surface area contributed by atoms with E-state index < -0.39 is 0 Å². The highest BCUT2D eigenvalue weighted by Gasteiger charge is 2.25. The lowest BCUT2D eigenvalue weighted by Gasteiger charge is -2.31. The molecule has 2 aliphatic rings. The number of hydrogen-bond acceptors (Lipinski definition) is 0. The van der Waals surface area contributed by atoms with Gasteiger partial charge in [-0.05, 0) is 59.4 Å². The molecule has 4 rings (SSSR count). The maximum Gasteiger partial charge on any atom is -0.0146 e. The molecule has 0 nitrogen and oxygen atoms in total. The molecule has 1 unspecified atom stereocenters. The van der Waals surface area contributed by atoms with Crippen molar-refractivity contribution in [2.45, 2.75) is 76.0 Å². The van der Waals surface area contributed by atoms with E-state index in [1.165, 1.54) is 69.6 Å². The molecule has 1 atom stereocenters. The molecule has 0 spiro atoms. The van der Waals surface area contributed by atoms with E-state index in [0.717, 1.165) is 11.8 Å². The van der Waals surface area contributed by atoms with Crippen molar-refractivity contribution in [3.8, 4) is 0 Å². The Morgan fingerprint density at radius 2 is 1.22 bits per heavy atom. The first-order chi connectivity index (χ1) is 10.9. The fourth-order valence-electron chi connectivity index (χ4n) is 4.93. The molecule has 2 saturated carbocycles. The molecule has 124 valence electrons. The van der Waals surface area contributed by atoms with Crippen LogP contribution in [0.1, 0.15) is 87.2 Å². The second-order valence-corrected chi connectivity index (χ2v) is 7.46. The van der Waals surface area contributed by atoms with Crippen LogP contribution in [0.5, 0.6) is 0 Å². The second kappa shape index (κ2) is 7.80. The Hall–Kier alpha value is -0.870. The number of rotatable bonds is 2. The molecular weight excluding hydrogens is 295 g/mol. The van der Waals surface area contributed by atoms with E-state index in [1.54, 1.807) is 16.5 Å². The van der Waals surface area contributed by atoms with Crippen molar-refractivity contribution >= 4 is 20.7 Å². The minimum absolute atomic E-state index is 0. The summed E-state index contributed by atoms with van der Waals surface area (Å²) in [5.41, 5.74) is 3.45. The predicted molar refractivity (Wildman–Crippen MR) is 107 cm³/mol. The van der Waals surface area contributed by atoms with Gasteiger partial charge in [-0.2, -0.15) is 9.90 Å². The van der Waals surface area contributed by atoms with Gasteiger partial charge in [-0.15, -0.1) is 0 Å². The average Bonchev–Trinajstić information content (AvgIpc) is 2.62. The van der Waals surface area contributed by atoms with Gasteiger partial charge in [0.25, 0.3) is 0 Å². The zero-order valence-corrected chi connectivity index (χ0v) is 15.8. The van der Waals surface area contributed by atoms with Gasteiger partial charge in [0.1, 0.15) is 0 Å². The maximum absolute atomic E-state index is 2.49. The Balaban J connectivity index is 0.00000156. The maximum atomic E-state index is 2.49. The fraction of sp³-hybridized carbons (Fsp3) is 0.545. The Bertz CT molecular complexity index is 633. The van der Waals surface area contributed by atoms with E-state index in [4.69, 9.17) is 0 Å². The fourth-order valence-corrected chi connectivity index (χ4v) is 4.93. The first-order valence-corrected chi connectivity index (χ1v) is 9.45. The van der Waals surface area contributed by atoms with Crippen molar-refractivity contribution in [1.82, 2.24) is 0 Å². The molecule has 1 heteroatoms. The van der Waals surface area contributed by atoms with Crippen LogP contribution in [0, 0.1) is 0 Å². The van der Waals surface area contributed by atoms with Gasteiger partial charge in [0, 0.05) is 0 Å². The van der Waals surface area contributed by atoms with Crippen LogP contribution in [0.4, 0.5) is 0 Å². The average molecular weight is 326 g/mol. The van der Waals surface area contributed by atoms with Crippen LogP contribution < -0.4 is 0 Å². The molecule has 23 heavy (non-hydrogen) atoms. The minimum atomic E-state index is 0. The quantitative estimate of drug-likeness (QED) is 0.521. The molecule has 0 aliphatic heterocycles. The van der Waals surface area contributed by atoms with Gasteiger partial charge < -0.3 is 0 Å². The SMILES string of the molecule is P.c1ccc2c(C3CCCCC3)c(C3CCCCC3)ccc2c1. The zero-order valence-electron chi connectivity index (χ0n) is 14.4. The number of fused-ring (bicyclic) bond motifs is 1. The Labute approximate surface area is 144 Å². The molecule has 0 aromatic heterocycles. The topological polar surface area (TPSA) is 0 Å². The van der Waals surface area contributed by atoms with Crippen molar-refractivity contribution in [3.63, 3.8) is 0 Å². The normalized spacial score (nSPS) is 20.3. The van der Waals surface area contributed by atoms with E-state index in [-0.39, 0.29) is 9.90 Å². The van der Waals surface area contributed by atoms with E-state index in [1.807, 2.05) is 0 Å². The number of benzene rings is 2. The lowest BCUT2D eigenvalue weighted by molar-refractivity contribution is 0.420. The lowest BCUT2D eigenvalue weighted by Crippen LogP contribution is -2.12. The first kappa shape index (κ1) is 17.0. The summed E-state index contributed by atoms with van der Waals surface area (Å²) in [6, 6.07) is 14.0. The third-order valence-corrected chi connectivity index (χ3v) is 6.06. The summed E-state index contributed by atoms with van der Waals surface area (Å²) in [7, 11) is 0. The van der Waals surface area contributed by atoms with Crippen LogP contribution in [-0.2, 0) is 0 Å². The molecule has 0 N–H and O–H groups in total. The van der Waals surface area contributed by atoms with Gasteiger partial charge in [-0.25, -0.2) is 0 Å². The summed E-state index contributed by atoms with van der Waals surface area (Å²) in [6.07, 6.45) is 14.3. The molecule has 0 saturated heterocycles. The zero-order chi connectivity index (χ0) is 14.8. The van der Waals surface area contributed by atoms with E-state index in [2.05, 4.69) is 36.4 Å². The Kier molecular flexibility index (Phi) is 5.76. The van der Waals surface area contributed by atoms with Crippen LogP contribution in [-0.4, -0.2) is 0 Å². The van der Waals surface area contributed by atoms with Gasteiger partial charge >= 0.3 is 0 Å². The molecule has 0 bridgehead atoms. The highest BCUT2D eigenvalue weighted by atomic mass is 31.0. The third-order valence-electron chi connectivity index (χ3n) is 6.06. The van der Waals surface area contributed by atoms with Crippen molar-refractivity contribution in [3.05, 3.63) is 47.5 Å². The van der Waals surface area contributed by atoms with Gasteiger partial charge in [-0.1, -0.05) is 74.9 Å². The summed E-state index contributed by atoms with van der Waals surface area (Å²) in [5.74, 6) is 1.65. The molecule has 2 fully saturated rings. The lowest BCUT2D eigenvalue weighted by atomic mass is 9.74. The summed E-state index contributed by atoms with van der Waals surface area (Å²) in [5, 5.41) is 3.00. The summed E-state index contributed by atoms with van der Waals surface area (Å²) >= 11 is 0. The first-order valence-electron chi connectivity index (χ1n) is 9.45. The highest BCUT2D eigenvalue weighted by Crippen LogP contribution is 2.43. The van der Waals surface area contributed by atoms with Crippen molar-refractivity contribution in [2.75, 3.05) is 0 Å². The molecule has 0 amide bonds. The van der Waals surface area contributed by atoms with Gasteiger partial charge in [0.2, 0.25) is 0 Å².